The summed E-state index contributed by atoms with van der Waals surface area (Å²) >= 11 is 0. The molecule has 0 fully saturated rings. The fourth-order valence-corrected chi connectivity index (χ4v) is 2.86. The van der Waals surface area contributed by atoms with Gasteiger partial charge < -0.3 is 9.53 Å². The molecule has 0 aliphatic carbocycles. The standard InChI is InChI=1S/C12H16O2.C7H6O.C6H14OSi.CH4/c1-9(13)12(2,3)11(14)10-7-5-4-6-8-10;8-6-7-4-2-1-3-5-7;1-5(2)6(3)7-8-4;/h4-8,11,14H,1-3H3;1-6H;8H2,1-4H3;1H4. The first-order valence-electron chi connectivity index (χ1n) is 10.1. The van der Waals surface area contributed by atoms with Crippen molar-refractivity contribution in [1.82, 2.24) is 0 Å². The normalized spacial score (nSPS) is 11.0. The molecular formula is C26H40O4Si. The fraction of sp³-hybridized carbons (Fsp3) is 0.385. The van der Waals surface area contributed by atoms with Crippen LogP contribution in [-0.2, 0) is 9.22 Å². The van der Waals surface area contributed by atoms with Gasteiger partial charge in [0.15, 0.2) is 0 Å². The van der Waals surface area contributed by atoms with E-state index in [1.165, 1.54) is 12.5 Å². The molecule has 0 heterocycles. The van der Waals surface area contributed by atoms with Crippen molar-refractivity contribution in [2.24, 2.45) is 5.41 Å². The Labute approximate surface area is 191 Å². The lowest BCUT2D eigenvalue weighted by Crippen LogP contribution is -2.29. The van der Waals surface area contributed by atoms with Gasteiger partial charge in [0, 0.05) is 5.56 Å². The van der Waals surface area contributed by atoms with Crippen LogP contribution in [0, 0.1) is 5.41 Å². The predicted molar refractivity (Wildman–Crippen MR) is 134 cm³/mol. The summed E-state index contributed by atoms with van der Waals surface area (Å²) in [5.41, 5.74) is 2.08. The van der Waals surface area contributed by atoms with Crippen molar-refractivity contribution in [1.29, 1.82) is 0 Å². The second-order valence-electron chi connectivity index (χ2n) is 7.61. The van der Waals surface area contributed by atoms with Gasteiger partial charge in [-0.05, 0) is 45.4 Å². The number of allylic oxidation sites excluding steroid dienone is 2. The third-order valence-electron chi connectivity index (χ3n) is 4.71. The van der Waals surface area contributed by atoms with Gasteiger partial charge in [0.1, 0.15) is 12.1 Å². The van der Waals surface area contributed by atoms with Gasteiger partial charge in [0.05, 0.1) is 17.3 Å². The molecule has 172 valence electrons. The molecule has 0 aliphatic rings. The van der Waals surface area contributed by atoms with E-state index < -0.39 is 11.5 Å². The average molecular weight is 445 g/mol. The lowest BCUT2D eigenvalue weighted by molar-refractivity contribution is -0.131. The predicted octanol–water partition coefficient (Wildman–Crippen LogP) is 5.92. The van der Waals surface area contributed by atoms with E-state index >= 15 is 0 Å². The van der Waals surface area contributed by atoms with Crippen molar-refractivity contribution in [3.63, 3.8) is 0 Å². The second kappa shape index (κ2) is 16.2. The summed E-state index contributed by atoms with van der Waals surface area (Å²) in [6.45, 7) is 13.3. The molecule has 1 unspecified atom stereocenters. The molecular weight excluding hydrogens is 404 g/mol. The Kier molecular flexibility index (Phi) is 16.1. The maximum absolute atomic E-state index is 11.3. The van der Waals surface area contributed by atoms with Gasteiger partial charge in [-0.2, -0.15) is 0 Å². The van der Waals surface area contributed by atoms with Crippen LogP contribution in [0.2, 0.25) is 6.55 Å². The molecule has 5 heteroatoms. The number of aliphatic hydroxyl groups excluding tert-OH is 1. The smallest absolute Gasteiger partial charge is 0.216 e. The minimum atomic E-state index is -0.735. The zero-order valence-corrected chi connectivity index (χ0v) is 20.7. The SMILES string of the molecule is C.CC(=O)C(C)(C)C(O)c1ccccc1.C[SiH2]OC(C)=C(C)C.O=Cc1ccccc1. The summed E-state index contributed by atoms with van der Waals surface area (Å²) in [7, 11) is -0.234. The number of aldehydes is 1. The highest BCUT2D eigenvalue weighted by molar-refractivity contribution is 6.25. The number of aliphatic hydroxyl groups is 1. The molecule has 2 aromatic rings. The molecule has 2 rings (SSSR count). The molecule has 0 saturated heterocycles. The zero-order chi connectivity index (χ0) is 23.2. The molecule has 2 aromatic carbocycles. The van der Waals surface area contributed by atoms with Crippen molar-refractivity contribution in [3.05, 3.63) is 83.1 Å². The van der Waals surface area contributed by atoms with Gasteiger partial charge in [-0.25, -0.2) is 0 Å². The highest BCUT2D eigenvalue weighted by atomic mass is 28.2. The second-order valence-corrected chi connectivity index (χ2v) is 8.47. The first-order valence-corrected chi connectivity index (χ1v) is 12.1. The number of Topliss-reactive ketones (excluding diaryl/α,β-unsaturated/α-hetero) is 1. The van der Waals surface area contributed by atoms with E-state index in [0.717, 1.165) is 23.2 Å². The number of carbonyl (C=O) groups excluding carboxylic acids is 2. The van der Waals surface area contributed by atoms with E-state index in [2.05, 4.69) is 20.4 Å². The Morgan fingerprint density at radius 2 is 1.42 bits per heavy atom. The van der Waals surface area contributed by atoms with Crippen LogP contribution in [0.5, 0.6) is 0 Å². The first kappa shape index (κ1) is 30.7. The minimum Gasteiger partial charge on any atom is -0.553 e. The lowest BCUT2D eigenvalue weighted by atomic mass is 9.79. The topological polar surface area (TPSA) is 63.6 Å². The first-order chi connectivity index (χ1) is 14.1. The van der Waals surface area contributed by atoms with Crippen LogP contribution in [0.1, 0.15) is 71.0 Å². The third kappa shape index (κ3) is 12.1. The van der Waals surface area contributed by atoms with Gasteiger partial charge in [-0.1, -0.05) is 81.9 Å². The Bertz CT molecular complexity index is 780. The van der Waals surface area contributed by atoms with Crippen LogP contribution < -0.4 is 0 Å². The molecule has 4 nitrogen and oxygen atoms in total. The molecule has 0 saturated carbocycles. The molecule has 0 bridgehead atoms. The van der Waals surface area contributed by atoms with Crippen LogP contribution in [0.4, 0.5) is 0 Å². The fourth-order valence-electron chi connectivity index (χ4n) is 2.14. The zero-order valence-electron chi connectivity index (χ0n) is 19.3. The van der Waals surface area contributed by atoms with E-state index in [4.69, 9.17) is 4.43 Å². The quantitative estimate of drug-likeness (QED) is 0.341. The highest BCUT2D eigenvalue weighted by Crippen LogP contribution is 2.33. The summed E-state index contributed by atoms with van der Waals surface area (Å²) in [6, 6.07) is 18.4. The molecule has 0 aliphatic heterocycles. The summed E-state index contributed by atoms with van der Waals surface area (Å²) in [4.78, 5) is 21.3. The Hall–Kier alpha value is -2.50. The number of ketones is 1. The summed E-state index contributed by atoms with van der Waals surface area (Å²) in [6.07, 6.45) is 0.0983. The average Bonchev–Trinajstić information content (AvgIpc) is 2.75. The van der Waals surface area contributed by atoms with Crippen molar-refractivity contribution in [3.8, 4) is 0 Å². The Balaban J connectivity index is 0. The minimum absolute atomic E-state index is 0. The third-order valence-corrected chi connectivity index (χ3v) is 5.43. The van der Waals surface area contributed by atoms with E-state index in [1.54, 1.807) is 26.0 Å². The van der Waals surface area contributed by atoms with Crippen LogP contribution in [0.15, 0.2) is 72.0 Å². The van der Waals surface area contributed by atoms with Gasteiger partial charge in [-0.15, -0.1) is 0 Å². The summed E-state index contributed by atoms with van der Waals surface area (Å²) in [5, 5.41) is 10.00. The number of carbonyl (C=O) groups is 2. The molecule has 0 amide bonds. The van der Waals surface area contributed by atoms with Crippen molar-refractivity contribution >= 4 is 21.8 Å². The largest absolute Gasteiger partial charge is 0.553 e. The molecule has 31 heavy (non-hydrogen) atoms. The molecule has 0 aromatic heterocycles. The van der Waals surface area contributed by atoms with Gasteiger partial charge in [0.25, 0.3) is 0 Å². The molecule has 0 radical (unpaired) electrons. The van der Waals surface area contributed by atoms with Crippen LogP contribution >= 0.6 is 0 Å². The van der Waals surface area contributed by atoms with Crippen molar-refractivity contribution in [2.75, 3.05) is 0 Å². The Morgan fingerprint density at radius 3 is 1.71 bits per heavy atom. The van der Waals surface area contributed by atoms with E-state index in [-0.39, 0.29) is 23.0 Å². The van der Waals surface area contributed by atoms with Crippen LogP contribution in [-0.4, -0.2) is 26.9 Å². The number of benzene rings is 2. The maximum atomic E-state index is 11.3. The lowest BCUT2D eigenvalue weighted by Gasteiger charge is -2.27. The van der Waals surface area contributed by atoms with E-state index in [1.807, 2.05) is 55.5 Å². The van der Waals surface area contributed by atoms with E-state index in [9.17, 15) is 14.7 Å². The van der Waals surface area contributed by atoms with Gasteiger partial charge in [-0.3, -0.25) is 9.59 Å². The highest BCUT2D eigenvalue weighted by Gasteiger charge is 2.33. The maximum Gasteiger partial charge on any atom is 0.216 e. The molecule has 1 atom stereocenters. The molecule has 1 N–H and O–H groups in total. The number of hydrogen-bond acceptors (Lipinski definition) is 4. The van der Waals surface area contributed by atoms with Gasteiger partial charge in [0.2, 0.25) is 9.76 Å². The summed E-state index contributed by atoms with van der Waals surface area (Å²) in [5.74, 6) is 1.10. The summed E-state index contributed by atoms with van der Waals surface area (Å²) < 4.78 is 5.32. The van der Waals surface area contributed by atoms with Crippen LogP contribution in [0.25, 0.3) is 0 Å². The van der Waals surface area contributed by atoms with Crippen molar-refractivity contribution in [2.45, 2.75) is 61.6 Å². The molecule has 0 spiro atoms. The van der Waals surface area contributed by atoms with E-state index in [0.29, 0.717) is 0 Å². The number of hydrogen-bond donors (Lipinski definition) is 1. The monoisotopic (exact) mass is 444 g/mol. The van der Waals surface area contributed by atoms with Crippen molar-refractivity contribution < 1.29 is 19.1 Å². The van der Waals surface area contributed by atoms with Crippen LogP contribution in [0.3, 0.4) is 0 Å². The Morgan fingerprint density at radius 1 is 0.968 bits per heavy atom. The number of rotatable bonds is 6. The van der Waals surface area contributed by atoms with Gasteiger partial charge >= 0.3 is 0 Å².